The minimum atomic E-state index is -4.35. The van der Waals surface area contributed by atoms with Crippen LogP contribution in [0.25, 0.3) is 0 Å². The summed E-state index contributed by atoms with van der Waals surface area (Å²) in [7, 11) is 0. The average Bonchev–Trinajstić information content (AvgIpc) is 3.12. The van der Waals surface area contributed by atoms with Crippen molar-refractivity contribution in [3.05, 3.63) is 35.4 Å². The molecule has 0 aromatic heterocycles. The molecule has 5 heteroatoms. The van der Waals surface area contributed by atoms with Gasteiger partial charge in [0.15, 0.2) is 5.78 Å². The van der Waals surface area contributed by atoms with Crippen LogP contribution in [0.1, 0.15) is 35.2 Å². The highest BCUT2D eigenvalue weighted by Gasteiger charge is 2.30. The maximum atomic E-state index is 12.3. The number of carbonyl (C=O) groups is 1. The molecule has 0 unspecified atom stereocenters. The number of hydrogen-bond donors (Lipinski definition) is 1. The molecule has 1 N–H and O–H groups in total. The zero-order chi connectivity index (χ0) is 13.2. The first kappa shape index (κ1) is 13.1. The zero-order valence-corrected chi connectivity index (χ0v) is 9.76. The molecular weight excluding hydrogens is 243 g/mol. The van der Waals surface area contributed by atoms with Gasteiger partial charge in [0.05, 0.1) is 5.56 Å². The third-order valence-electron chi connectivity index (χ3n) is 2.90. The molecule has 98 valence electrons. The van der Waals surface area contributed by atoms with Crippen LogP contribution in [0.2, 0.25) is 0 Å². The molecule has 1 aromatic rings. The number of carbonyl (C=O) groups excluding carboxylic acids is 1. The van der Waals surface area contributed by atoms with Crippen molar-refractivity contribution in [3.63, 3.8) is 0 Å². The van der Waals surface area contributed by atoms with Gasteiger partial charge in [0.1, 0.15) is 0 Å². The van der Waals surface area contributed by atoms with Crippen molar-refractivity contribution in [2.75, 3.05) is 6.54 Å². The van der Waals surface area contributed by atoms with Crippen molar-refractivity contribution in [3.8, 4) is 0 Å². The predicted octanol–water partition coefficient (Wildman–Crippen LogP) is 3.03. The van der Waals surface area contributed by atoms with Crippen LogP contribution < -0.4 is 5.32 Å². The smallest absolute Gasteiger partial charge is 0.314 e. The quantitative estimate of drug-likeness (QED) is 0.821. The van der Waals surface area contributed by atoms with Gasteiger partial charge in [-0.15, -0.1) is 0 Å². The van der Waals surface area contributed by atoms with Gasteiger partial charge >= 0.3 is 6.18 Å². The number of hydrogen-bond acceptors (Lipinski definition) is 2. The maximum Gasteiger partial charge on any atom is 0.416 e. The number of Topliss-reactive ketones (excluding diaryl/α,β-unsaturated/α-hetero) is 1. The van der Waals surface area contributed by atoms with E-state index < -0.39 is 11.7 Å². The predicted molar refractivity (Wildman–Crippen MR) is 61.4 cm³/mol. The molecule has 1 fully saturated rings. The lowest BCUT2D eigenvalue weighted by molar-refractivity contribution is -0.137. The largest absolute Gasteiger partial charge is 0.416 e. The molecule has 0 radical (unpaired) electrons. The number of halogens is 3. The fourth-order valence-corrected chi connectivity index (χ4v) is 1.67. The fourth-order valence-electron chi connectivity index (χ4n) is 1.67. The normalized spacial score (nSPS) is 15.7. The monoisotopic (exact) mass is 257 g/mol. The van der Waals surface area contributed by atoms with Crippen molar-refractivity contribution in [1.29, 1.82) is 0 Å². The molecule has 0 bridgehead atoms. The summed E-state index contributed by atoms with van der Waals surface area (Å²) in [5.41, 5.74) is -0.393. The lowest BCUT2D eigenvalue weighted by Gasteiger charge is -2.07. The SMILES string of the molecule is O=C(CCNC1CC1)c1ccc(C(F)(F)F)cc1. The van der Waals surface area contributed by atoms with Crippen molar-refractivity contribution in [1.82, 2.24) is 5.32 Å². The minimum absolute atomic E-state index is 0.128. The molecule has 1 aromatic carbocycles. The second-order valence-electron chi connectivity index (χ2n) is 4.48. The summed E-state index contributed by atoms with van der Waals surface area (Å²) in [4.78, 5) is 11.7. The topological polar surface area (TPSA) is 29.1 Å². The molecule has 0 spiro atoms. The minimum Gasteiger partial charge on any atom is -0.314 e. The molecule has 2 rings (SSSR count). The number of ketones is 1. The molecule has 18 heavy (non-hydrogen) atoms. The molecule has 1 saturated carbocycles. The van der Waals surface area contributed by atoms with Crippen molar-refractivity contribution in [2.45, 2.75) is 31.5 Å². The molecule has 2 nitrogen and oxygen atoms in total. The van der Waals surface area contributed by atoms with E-state index in [-0.39, 0.29) is 5.78 Å². The van der Waals surface area contributed by atoms with Crippen LogP contribution in [0.15, 0.2) is 24.3 Å². The van der Waals surface area contributed by atoms with Crippen LogP contribution in [-0.4, -0.2) is 18.4 Å². The van der Waals surface area contributed by atoms with E-state index in [2.05, 4.69) is 5.32 Å². The van der Waals surface area contributed by atoms with E-state index >= 15 is 0 Å². The Labute approximate surface area is 103 Å². The van der Waals surface area contributed by atoms with Gasteiger partial charge in [-0.25, -0.2) is 0 Å². The van der Waals surface area contributed by atoms with Gasteiger partial charge in [0, 0.05) is 24.6 Å². The number of benzene rings is 1. The van der Waals surface area contributed by atoms with Crippen LogP contribution in [0.5, 0.6) is 0 Å². The lowest BCUT2D eigenvalue weighted by Crippen LogP contribution is -2.20. The van der Waals surface area contributed by atoms with Gasteiger partial charge in [0.2, 0.25) is 0 Å². The number of alkyl halides is 3. The Hall–Kier alpha value is -1.36. The first-order valence-corrected chi connectivity index (χ1v) is 5.90. The highest BCUT2D eigenvalue weighted by molar-refractivity contribution is 5.96. The Kier molecular flexibility index (Phi) is 3.71. The molecule has 1 aliphatic rings. The van der Waals surface area contributed by atoms with Gasteiger partial charge in [-0.05, 0) is 25.0 Å². The summed E-state index contributed by atoms with van der Waals surface area (Å²) >= 11 is 0. The van der Waals surface area contributed by atoms with Gasteiger partial charge in [0.25, 0.3) is 0 Å². The van der Waals surface area contributed by atoms with Crippen LogP contribution in [0, 0.1) is 0 Å². The highest BCUT2D eigenvalue weighted by Crippen LogP contribution is 2.29. The van der Waals surface area contributed by atoms with Crippen LogP contribution in [0.4, 0.5) is 13.2 Å². The number of nitrogens with one attached hydrogen (secondary N) is 1. The Bertz CT molecular complexity index is 421. The maximum absolute atomic E-state index is 12.3. The van der Waals surface area contributed by atoms with E-state index in [1.165, 1.54) is 12.1 Å². The van der Waals surface area contributed by atoms with Crippen molar-refractivity contribution >= 4 is 5.78 Å². The van der Waals surface area contributed by atoms with Gasteiger partial charge in [-0.3, -0.25) is 4.79 Å². The average molecular weight is 257 g/mol. The Balaban J connectivity index is 1.89. The van der Waals surface area contributed by atoms with Crippen LogP contribution >= 0.6 is 0 Å². The second kappa shape index (κ2) is 5.10. The molecular formula is C13H14F3NO. The Morgan fingerprint density at radius 1 is 1.22 bits per heavy atom. The van der Waals surface area contributed by atoms with E-state index in [4.69, 9.17) is 0 Å². The van der Waals surface area contributed by atoms with Crippen molar-refractivity contribution in [2.24, 2.45) is 0 Å². The summed E-state index contributed by atoms with van der Waals surface area (Å²) in [6.07, 6.45) is -1.74. The van der Waals surface area contributed by atoms with E-state index in [0.717, 1.165) is 25.0 Å². The molecule has 0 amide bonds. The van der Waals surface area contributed by atoms with Crippen molar-refractivity contribution < 1.29 is 18.0 Å². The van der Waals surface area contributed by atoms with Gasteiger partial charge < -0.3 is 5.32 Å². The Morgan fingerprint density at radius 3 is 2.33 bits per heavy atom. The molecule has 0 heterocycles. The van der Waals surface area contributed by atoms with Crippen LogP contribution in [-0.2, 0) is 6.18 Å². The first-order chi connectivity index (χ1) is 8.47. The standard InChI is InChI=1S/C13H14F3NO/c14-13(15,16)10-3-1-9(2-4-10)12(18)7-8-17-11-5-6-11/h1-4,11,17H,5-8H2. The molecule has 0 saturated heterocycles. The van der Waals surface area contributed by atoms with E-state index in [1.54, 1.807) is 0 Å². The summed E-state index contributed by atoms with van der Waals surface area (Å²) in [5, 5.41) is 3.19. The van der Waals surface area contributed by atoms with Gasteiger partial charge in [-0.2, -0.15) is 13.2 Å². The molecule has 0 aliphatic heterocycles. The summed E-state index contributed by atoms with van der Waals surface area (Å²) in [6.45, 7) is 0.588. The molecule has 0 atom stereocenters. The Morgan fingerprint density at radius 2 is 1.83 bits per heavy atom. The van der Waals surface area contributed by atoms with Gasteiger partial charge in [-0.1, -0.05) is 12.1 Å². The second-order valence-corrected chi connectivity index (χ2v) is 4.48. The highest BCUT2D eigenvalue weighted by atomic mass is 19.4. The third-order valence-corrected chi connectivity index (χ3v) is 2.90. The third kappa shape index (κ3) is 3.57. The lowest BCUT2D eigenvalue weighted by atomic mass is 10.1. The summed E-state index contributed by atoms with van der Waals surface area (Å²) in [5.74, 6) is -0.128. The van der Waals surface area contributed by atoms with E-state index in [0.29, 0.717) is 24.6 Å². The van der Waals surface area contributed by atoms with Crippen LogP contribution in [0.3, 0.4) is 0 Å². The fraction of sp³-hybridized carbons (Fsp3) is 0.462. The number of rotatable bonds is 5. The molecule has 1 aliphatic carbocycles. The summed E-state index contributed by atoms with van der Waals surface area (Å²) < 4.78 is 37.0. The van der Waals surface area contributed by atoms with E-state index in [9.17, 15) is 18.0 Å². The van der Waals surface area contributed by atoms with E-state index in [1.807, 2.05) is 0 Å². The first-order valence-electron chi connectivity index (χ1n) is 5.90. The zero-order valence-electron chi connectivity index (χ0n) is 9.76. The summed E-state index contributed by atoms with van der Waals surface area (Å²) in [6, 6.07) is 4.90.